The summed E-state index contributed by atoms with van der Waals surface area (Å²) in [5.74, 6) is 0.662. The van der Waals surface area contributed by atoms with Crippen LogP contribution in [0.4, 0.5) is 0 Å². The third-order valence-electron chi connectivity index (χ3n) is 3.67. The molecule has 1 heterocycles. The Balaban J connectivity index is 1.95. The van der Waals surface area contributed by atoms with Gasteiger partial charge in [-0.15, -0.1) is 0 Å². The van der Waals surface area contributed by atoms with Gasteiger partial charge in [0.15, 0.2) is 5.75 Å². The molecule has 1 fully saturated rings. The maximum Gasteiger partial charge on any atom is 0.256 e. The first-order valence-corrected chi connectivity index (χ1v) is 7.77. The van der Waals surface area contributed by atoms with E-state index in [0.717, 1.165) is 32.5 Å². The van der Waals surface area contributed by atoms with Gasteiger partial charge in [-0.2, -0.15) is 0 Å². The fraction of sp³-hybridized carbons (Fsp3) is 0.533. The fourth-order valence-corrected chi connectivity index (χ4v) is 2.93. The lowest BCUT2D eigenvalue weighted by Crippen LogP contribution is -2.28. The normalized spacial score (nSPS) is 15.8. The van der Waals surface area contributed by atoms with Crippen molar-refractivity contribution in [1.82, 2.24) is 5.32 Å². The Morgan fingerprint density at radius 1 is 1.33 bits per heavy atom. The van der Waals surface area contributed by atoms with Crippen molar-refractivity contribution in [3.63, 3.8) is 0 Å². The van der Waals surface area contributed by atoms with Crippen molar-refractivity contribution in [2.45, 2.75) is 19.3 Å². The van der Waals surface area contributed by atoms with E-state index in [-0.39, 0.29) is 5.91 Å². The molecule has 116 valence electrons. The molecule has 1 amide bonds. The van der Waals surface area contributed by atoms with Gasteiger partial charge in [-0.3, -0.25) is 4.79 Å². The first kappa shape index (κ1) is 16.4. The number of benzene rings is 1. The van der Waals surface area contributed by atoms with E-state index < -0.39 is 0 Å². The van der Waals surface area contributed by atoms with Crippen LogP contribution >= 0.6 is 23.2 Å². The predicted molar refractivity (Wildman–Crippen MR) is 83.5 cm³/mol. The molecule has 1 saturated heterocycles. The topological polar surface area (TPSA) is 47.6 Å². The number of carbonyl (C=O) groups excluding carboxylic acids is 1. The van der Waals surface area contributed by atoms with Gasteiger partial charge < -0.3 is 14.8 Å². The summed E-state index contributed by atoms with van der Waals surface area (Å²) in [5.41, 5.74) is 0.290. The van der Waals surface area contributed by atoms with Crippen LogP contribution in [0.3, 0.4) is 0 Å². The standard InChI is InChI=1S/C15H19Cl2NO3/c1-20-14-12(17)3-2-11(16)13(14)15(19)18-7-4-10-5-8-21-9-6-10/h2-3,10H,4-9H2,1H3,(H,18,19). The molecule has 6 heteroatoms. The summed E-state index contributed by atoms with van der Waals surface area (Å²) in [7, 11) is 1.47. The average Bonchev–Trinajstić information content (AvgIpc) is 2.50. The Morgan fingerprint density at radius 2 is 2.00 bits per heavy atom. The quantitative estimate of drug-likeness (QED) is 0.897. The Bertz CT molecular complexity index is 502. The number of amides is 1. The van der Waals surface area contributed by atoms with E-state index in [0.29, 0.717) is 33.8 Å². The molecule has 0 spiro atoms. The van der Waals surface area contributed by atoms with Gasteiger partial charge in [0.25, 0.3) is 5.91 Å². The van der Waals surface area contributed by atoms with Crippen LogP contribution in [-0.4, -0.2) is 32.8 Å². The molecule has 0 atom stereocenters. The van der Waals surface area contributed by atoms with Crippen LogP contribution < -0.4 is 10.1 Å². The highest BCUT2D eigenvalue weighted by Crippen LogP contribution is 2.33. The van der Waals surface area contributed by atoms with E-state index in [1.165, 1.54) is 7.11 Å². The first-order valence-electron chi connectivity index (χ1n) is 7.01. The molecule has 0 aliphatic carbocycles. The summed E-state index contributed by atoms with van der Waals surface area (Å²) < 4.78 is 10.5. The van der Waals surface area contributed by atoms with Gasteiger partial charge in [-0.1, -0.05) is 23.2 Å². The lowest BCUT2D eigenvalue weighted by atomic mass is 9.96. The molecule has 4 nitrogen and oxygen atoms in total. The summed E-state index contributed by atoms with van der Waals surface area (Å²) in [6.45, 7) is 2.23. The summed E-state index contributed by atoms with van der Waals surface area (Å²) in [4.78, 5) is 12.3. The Labute approximate surface area is 134 Å². The molecule has 0 radical (unpaired) electrons. The predicted octanol–water partition coefficient (Wildman–Crippen LogP) is 3.55. The van der Waals surface area contributed by atoms with Gasteiger partial charge in [0.05, 0.1) is 17.2 Å². The van der Waals surface area contributed by atoms with E-state index >= 15 is 0 Å². The summed E-state index contributed by atoms with van der Waals surface area (Å²) in [5, 5.41) is 3.59. The van der Waals surface area contributed by atoms with Crippen LogP contribution in [-0.2, 0) is 4.74 Å². The number of methoxy groups -OCH3 is 1. The second-order valence-corrected chi connectivity index (χ2v) is 5.85. The zero-order valence-corrected chi connectivity index (χ0v) is 13.5. The van der Waals surface area contributed by atoms with E-state index in [1.54, 1.807) is 12.1 Å². The van der Waals surface area contributed by atoms with Gasteiger partial charge in [0, 0.05) is 19.8 Å². The molecule has 0 aromatic heterocycles. The summed E-state index contributed by atoms with van der Waals surface area (Å²) in [6, 6.07) is 3.21. The van der Waals surface area contributed by atoms with Crippen molar-refractivity contribution in [3.05, 3.63) is 27.7 Å². The lowest BCUT2D eigenvalue weighted by molar-refractivity contribution is 0.0636. The fourth-order valence-electron chi connectivity index (χ4n) is 2.46. The molecule has 1 N–H and O–H groups in total. The van der Waals surface area contributed by atoms with Crippen LogP contribution in [0.1, 0.15) is 29.6 Å². The third-order valence-corrected chi connectivity index (χ3v) is 4.28. The van der Waals surface area contributed by atoms with Gasteiger partial charge in [-0.05, 0) is 37.3 Å². The second kappa shape index (κ2) is 7.87. The third kappa shape index (κ3) is 4.25. The smallest absolute Gasteiger partial charge is 0.256 e. The molecule has 0 unspecified atom stereocenters. The van der Waals surface area contributed by atoms with E-state index in [2.05, 4.69) is 5.32 Å². The Hall–Kier alpha value is -0.970. The summed E-state index contributed by atoms with van der Waals surface area (Å²) >= 11 is 12.1. The van der Waals surface area contributed by atoms with Crippen molar-refractivity contribution < 1.29 is 14.3 Å². The maximum absolute atomic E-state index is 12.3. The van der Waals surface area contributed by atoms with Crippen LogP contribution in [0, 0.1) is 5.92 Å². The van der Waals surface area contributed by atoms with E-state index in [9.17, 15) is 4.79 Å². The molecule has 0 bridgehead atoms. The van der Waals surface area contributed by atoms with E-state index in [4.69, 9.17) is 32.7 Å². The highest BCUT2D eigenvalue weighted by molar-refractivity contribution is 6.37. The zero-order chi connectivity index (χ0) is 15.2. The lowest BCUT2D eigenvalue weighted by Gasteiger charge is -2.22. The van der Waals surface area contributed by atoms with Crippen molar-refractivity contribution in [2.24, 2.45) is 5.92 Å². The van der Waals surface area contributed by atoms with Crippen LogP contribution in [0.15, 0.2) is 12.1 Å². The van der Waals surface area contributed by atoms with Crippen molar-refractivity contribution in [2.75, 3.05) is 26.9 Å². The molecule has 1 aliphatic heterocycles. The monoisotopic (exact) mass is 331 g/mol. The van der Waals surface area contributed by atoms with Crippen molar-refractivity contribution in [1.29, 1.82) is 0 Å². The van der Waals surface area contributed by atoms with Crippen LogP contribution in [0.5, 0.6) is 5.75 Å². The molecule has 0 saturated carbocycles. The number of nitrogens with one attached hydrogen (secondary N) is 1. The van der Waals surface area contributed by atoms with Gasteiger partial charge in [0.2, 0.25) is 0 Å². The van der Waals surface area contributed by atoms with E-state index in [1.807, 2.05) is 0 Å². The van der Waals surface area contributed by atoms with Gasteiger partial charge in [-0.25, -0.2) is 0 Å². The Kier molecular flexibility index (Phi) is 6.15. The molecule has 1 aromatic rings. The molecular formula is C15H19Cl2NO3. The number of ether oxygens (including phenoxy) is 2. The molecule has 2 rings (SSSR count). The molecule has 21 heavy (non-hydrogen) atoms. The molecular weight excluding hydrogens is 313 g/mol. The Morgan fingerprint density at radius 3 is 2.67 bits per heavy atom. The van der Waals surface area contributed by atoms with Crippen molar-refractivity contribution >= 4 is 29.1 Å². The first-order chi connectivity index (χ1) is 10.1. The number of hydrogen-bond acceptors (Lipinski definition) is 3. The largest absolute Gasteiger partial charge is 0.494 e. The highest BCUT2D eigenvalue weighted by Gasteiger charge is 2.20. The van der Waals surface area contributed by atoms with Gasteiger partial charge in [0.1, 0.15) is 5.56 Å². The highest BCUT2D eigenvalue weighted by atomic mass is 35.5. The average molecular weight is 332 g/mol. The summed E-state index contributed by atoms with van der Waals surface area (Å²) in [6.07, 6.45) is 3.05. The SMILES string of the molecule is COc1c(Cl)ccc(Cl)c1C(=O)NCCC1CCOCC1. The number of rotatable bonds is 5. The number of hydrogen-bond donors (Lipinski definition) is 1. The second-order valence-electron chi connectivity index (χ2n) is 5.04. The maximum atomic E-state index is 12.3. The van der Waals surface area contributed by atoms with Crippen LogP contribution in [0.2, 0.25) is 10.0 Å². The van der Waals surface area contributed by atoms with Crippen molar-refractivity contribution in [3.8, 4) is 5.75 Å². The molecule has 1 aromatic carbocycles. The molecule has 1 aliphatic rings. The van der Waals surface area contributed by atoms with Gasteiger partial charge >= 0.3 is 0 Å². The minimum atomic E-state index is -0.258. The number of halogens is 2. The minimum absolute atomic E-state index is 0.258. The zero-order valence-electron chi connectivity index (χ0n) is 12.0. The number of carbonyl (C=O) groups is 1. The van der Waals surface area contributed by atoms with Crippen LogP contribution in [0.25, 0.3) is 0 Å². The minimum Gasteiger partial charge on any atom is -0.494 e.